The number of ether oxygens (including phenoxy) is 1. The molecule has 1 heterocycles. The summed E-state index contributed by atoms with van der Waals surface area (Å²) in [5.41, 5.74) is 0. The van der Waals surface area contributed by atoms with Gasteiger partial charge in [0.15, 0.2) is 0 Å². The van der Waals surface area contributed by atoms with Crippen LogP contribution < -0.4 is 5.32 Å². The Morgan fingerprint density at radius 1 is 1.50 bits per heavy atom. The van der Waals surface area contributed by atoms with Crippen LogP contribution in [0, 0.1) is 0 Å². The maximum atomic E-state index is 11.6. The number of nitrogens with one attached hydrogen (secondary N) is 1. The lowest BCUT2D eigenvalue weighted by Crippen LogP contribution is -2.44. The second-order valence-corrected chi connectivity index (χ2v) is 4.51. The number of nitrogens with zero attached hydrogens (tertiary/aromatic N) is 1. The number of carbonyl (C=O) groups excluding carboxylic acids is 1. The molecular formula is C12H24N2O2. The average Bonchev–Trinajstić information content (AvgIpc) is 2.28. The zero-order valence-electron chi connectivity index (χ0n) is 10.5. The van der Waals surface area contributed by atoms with Crippen LogP contribution in [0.4, 0.5) is 0 Å². The van der Waals surface area contributed by atoms with E-state index < -0.39 is 0 Å². The van der Waals surface area contributed by atoms with Crippen molar-refractivity contribution in [3.8, 4) is 0 Å². The van der Waals surface area contributed by atoms with Crippen LogP contribution in [0.3, 0.4) is 0 Å². The number of likely N-dealkylation sites (tertiary alicyclic amines) is 1. The molecule has 0 aliphatic carbocycles. The van der Waals surface area contributed by atoms with Crippen LogP contribution in [-0.4, -0.2) is 50.2 Å². The number of rotatable bonds is 6. The van der Waals surface area contributed by atoms with Gasteiger partial charge in [0, 0.05) is 26.3 Å². The maximum absolute atomic E-state index is 11.6. The Balaban J connectivity index is 2.12. The van der Waals surface area contributed by atoms with Gasteiger partial charge in [0.1, 0.15) is 0 Å². The first-order chi connectivity index (χ1) is 7.74. The predicted octanol–water partition coefficient (Wildman–Crippen LogP) is 1.01. The fourth-order valence-electron chi connectivity index (χ4n) is 2.08. The molecule has 0 saturated carbocycles. The van der Waals surface area contributed by atoms with E-state index in [1.165, 1.54) is 19.3 Å². The lowest BCUT2D eigenvalue weighted by Gasteiger charge is -2.32. The van der Waals surface area contributed by atoms with E-state index in [-0.39, 0.29) is 5.91 Å². The summed E-state index contributed by atoms with van der Waals surface area (Å²) in [6, 6.07) is 0.554. The Bertz CT molecular complexity index is 209. The van der Waals surface area contributed by atoms with Crippen molar-refractivity contribution in [1.29, 1.82) is 0 Å². The van der Waals surface area contributed by atoms with E-state index in [2.05, 4.69) is 17.1 Å². The first-order valence-corrected chi connectivity index (χ1v) is 6.23. The van der Waals surface area contributed by atoms with Crippen LogP contribution in [0.25, 0.3) is 0 Å². The van der Waals surface area contributed by atoms with Gasteiger partial charge < -0.3 is 10.1 Å². The molecule has 0 aromatic carbocycles. The molecule has 0 aromatic rings. The summed E-state index contributed by atoms with van der Waals surface area (Å²) >= 11 is 0. The Labute approximate surface area is 98.3 Å². The molecule has 1 aliphatic heterocycles. The summed E-state index contributed by atoms with van der Waals surface area (Å²) in [6.07, 6.45) is 4.63. The summed E-state index contributed by atoms with van der Waals surface area (Å²) in [5, 5.41) is 2.92. The van der Waals surface area contributed by atoms with Gasteiger partial charge in [0.2, 0.25) is 5.91 Å². The molecule has 1 N–H and O–H groups in total. The van der Waals surface area contributed by atoms with Gasteiger partial charge in [-0.1, -0.05) is 6.42 Å². The Morgan fingerprint density at radius 2 is 2.31 bits per heavy atom. The highest BCUT2D eigenvalue weighted by atomic mass is 16.5. The highest BCUT2D eigenvalue weighted by molar-refractivity contribution is 5.78. The molecule has 16 heavy (non-hydrogen) atoms. The zero-order valence-corrected chi connectivity index (χ0v) is 10.5. The molecular weight excluding hydrogens is 204 g/mol. The van der Waals surface area contributed by atoms with Crippen LogP contribution in [0.1, 0.15) is 32.6 Å². The molecule has 4 heteroatoms. The van der Waals surface area contributed by atoms with Gasteiger partial charge in [0.25, 0.3) is 0 Å². The smallest absolute Gasteiger partial charge is 0.234 e. The van der Waals surface area contributed by atoms with Gasteiger partial charge in [-0.25, -0.2) is 0 Å². The molecule has 0 aromatic heterocycles. The van der Waals surface area contributed by atoms with E-state index >= 15 is 0 Å². The van der Waals surface area contributed by atoms with Crippen LogP contribution in [0.5, 0.6) is 0 Å². The number of methoxy groups -OCH3 is 1. The average molecular weight is 228 g/mol. The molecule has 0 bridgehead atoms. The Hall–Kier alpha value is -0.610. The van der Waals surface area contributed by atoms with E-state index in [9.17, 15) is 4.79 Å². The van der Waals surface area contributed by atoms with Crippen molar-refractivity contribution < 1.29 is 9.53 Å². The molecule has 1 unspecified atom stereocenters. The minimum Gasteiger partial charge on any atom is -0.385 e. The van der Waals surface area contributed by atoms with Crippen molar-refractivity contribution in [2.45, 2.75) is 38.6 Å². The fraction of sp³-hybridized carbons (Fsp3) is 0.917. The van der Waals surface area contributed by atoms with E-state index in [4.69, 9.17) is 4.74 Å². The Morgan fingerprint density at radius 3 is 3.00 bits per heavy atom. The molecule has 1 atom stereocenters. The molecule has 1 amide bonds. The summed E-state index contributed by atoms with van der Waals surface area (Å²) in [6.45, 7) is 5.24. The normalized spacial score (nSPS) is 22.0. The first kappa shape index (κ1) is 13.5. The molecule has 0 spiro atoms. The van der Waals surface area contributed by atoms with Gasteiger partial charge in [-0.2, -0.15) is 0 Å². The maximum Gasteiger partial charge on any atom is 0.234 e. The minimum absolute atomic E-state index is 0.143. The third kappa shape index (κ3) is 4.94. The molecule has 1 saturated heterocycles. The van der Waals surface area contributed by atoms with Gasteiger partial charge in [-0.05, 0) is 32.7 Å². The molecule has 1 rings (SSSR count). The highest BCUT2D eigenvalue weighted by Gasteiger charge is 2.19. The predicted molar refractivity (Wildman–Crippen MR) is 64.4 cm³/mol. The fourth-order valence-corrected chi connectivity index (χ4v) is 2.08. The van der Waals surface area contributed by atoms with Gasteiger partial charge in [-0.15, -0.1) is 0 Å². The minimum atomic E-state index is 0.143. The van der Waals surface area contributed by atoms with Crippen LogP contribution >= 0.6 is 0 Å². The van der Waals surface area contributed by atoms with Gasteiger partial charge in [0.05, 0.1) is 6.54 Å². The monoisotopic (exact) mass is 228 g/mol. The van der Waals surface area contributed by atoms with Crippen LogP contribution in [-0.2, 0) is 9.53 Å². The van der Waals surface area contributed by atoms with Crippen molar-refractivity contribution in [3.63, 3.8) is 0 Å². The molecule has 0 radical (unpaired) electrons. The lowest BCUT2D eigenvalue weighted by molar-refractivity contribution is -0.123. The van der Waals surface area contributed by atoms with E-state index in [1.807, 2.05) is 0 Å². The topological polar surface area (TPSA) is 41.6 Å². The summed E-state index contributed by atoms with van der Waals surface area (Å²) in [5.74, 6) is 0.143. The van der Waals surface area contributed by atoms with Crippen molar-refractivity contribution in [1.82, 2.24) is 10.2 Å². The van der Waals surface area contributed by atoms with E-state index in [0.717, 1.165) is 19.5 Å². The lowest BCUT2D eigenvalue weighted by atomic mass is 10.0. The number of piperidine rings is 1. The van der Waals surface area contributed by atoms with E-state index in [0.29, 0.717) is 19.2 Å². The SMILES string of the molecule is COCCCNC(=O)CN1CCCCC1C. The van der Waals surface area contributed by atoms with Crippen molar-refractivity contribution in [2.24, 2.45) is 0 Å². The van der Waals surface area contributed by atoms with Crippen LogP contribution in [0.15, 0.2) is 0 Å². The number of carbonyl (C=O) groups is 1. The Kier molecular flexibility index (Phi) is 6.42. The van der Waals surface area contributed by atoms with Crippen molar-refractivity contribution >= 4 is 5.91 Å². The third-order valence-corrected chi connectivity index (χ3v) is 3.13. The quantitative estimate of drug-likeness (QED) is 0.690. The summed E-state index contributed by atoms with van der Waals surface area (Å²) in [7, 11) is 1.68. The van der Waals surface area contributed by atoms with Crippen LogP contribution in [0.2, 0.25) is 0 Å². The summed E-state index contributed by atoms with van der Waals surface area (Å²) in [4.78, 5) is 13.9. The number of amides is 1. The largest absolute Gasteiger partial charge is 0.385 e. The number of hydrogen-bond donors (Lipinski definition) is 1. The standard InChI is InChI=1S/C12H24N2O2/c1-11-6-3-4-8-14(11)10-12(15)13-7-5-9-16-2/h11H,3-10H2,1-2H3,(H,13,15). The van der Waals surface area contributed by atoms with Crippen molar-refractivity contribution in [3.05, 3.63) is 0 Å². The second kappa shape index (κ2) is 7.63. The molecule has 94 valence electrons. The molecule has 1 fully saturated rings. The third-order valence-electron chi connectivity index (χ3n) is 3.13. The zero-order chi connectivity index (χ0) is 11.8. The summed E-state index contributed by atoms with van der Waals surface area (Å²) < 4.78 is 4.93. The van der Waals surface area contributed by atoms with Gasteiger partial charge >= 0.3 is 0 Å². The highest BCUT2D eigenvalue weighted by Crippen LogP contribution is 2.15. The molecule has 1 aliphatic rings. The van der Waals surface area contributed by atoms with Crippen molar-refractivity contribution in [2.75, 3.05) is 33.4 Å². The second-order valence-electron chi connectivity index (χ2n) is 4.51. The van der Waals surface area contributed by atoms with Gasteiger partial charge in [-0.3, -0.25) is 9.69 Å². The van der Waals surface area contributed by atoms with E-state index in [1.54, 1.807) is 7.11 Å². The number of hydrogen-bond acceptors (Lipinski definition) is 3. The molecule has 4 nitrogen and oxygen atoms in total. The first-order valence-electron chi connectivity index (χ1n) is 6.23.